The van der Waals surface area contributed by atoms with Crippen molar-refractivity contribution in [2.24, 2.45) is 5.73 Å². The van der Waals surface area contributed by atoms with Crippen LogP contribution in [-0.2, 0) is 4.74 Å². The van der Waals surface area contributed by atoms with Gasteiger partial charge in [-0.15, -0.1) is 0 Å². The van der Waals surface area contributed by atoms with Gasteiger partial charge in [0.05, 0.1) is 6.54 Å². The molecular formula is C8H12N4O2. The minimum absolute atomic E-state index is 0.221. The molecular weight excluding hydrogens is 184 g/mol. The van der Waals surface area contributed by atoms with Crippen LogP contribution in [0.2, 0.25) is 0 Å². The second kappa shape index (κ2) is 5.00. The molecule has 0 aliphatic heterocycles. The number of aromatic nitrogens is 2. The molecule has 3 N–H and O–H groups in total. The molecule has 1 amide bonds. The molecule has 0 radical (unpaired) electrons. The van der Waals surface area contributed by atoms with Gasteiger partial charge in [0.2, 0.25) is 0 Å². The van der Waals surface area contributed by atoms with Crippen LogP contribution in [-0.4, -0.2) is 29.2 Å². The standard InChI is InChI=1S/C8H12N4O2/c1-6-10-3-2-7(12-6)11-4-5-14-8(9)13/h2-3H,4-5H2,1H3,(H2,9,13)(H,10,11,12). The molecule has 1 heterocycles. The highest BCUT2D eigenvalue weighted by atomic mass is 16.5. The summed E-state index contributed by atoms with van der Waals surface area (Å²) >= 11 is 0. The van der Waals surface area contributed by atoms with E-state index in [0.29, 0.717) is 18.2 Å². The number of nitrogens with zero attached hydrogens (tertiary/aromatic N) is 2. The predicted octanol–water partition coefficient (Wildman–Crippen LogP) is 0.292. The van der Waals surface area contributed by atoms with Crippen LogP contribution in [0.15, 0.2) is 12.3 Å². The van der Waals surface area contributed by atoms with Crippen LogP contribution in [0.5, 0.6) is 0 Å². The number of nitrogens with two attached hydrogens (primary N) is 1. The van der Waals surface area contributed by atoms with Crippen LogP contribution in [0.1, 0.15) is 5.82 Å². The van der Waals surface area contributed by atoms with Gasteiger partial charge in [-0.2, -0.15) is 0 Å². The molecule has 6 heteroatoms. The molecule has 0 aromatic carbocycles. The molecule has 0 fully saturated rings. The molecule has 0 aliphatic carbocycles. The van der Waals surface area contributed by atoms with Crippen molar-refractivity contribution < 1.29 is 9.53 Å². The molecule has 0 spiro atoms. The second-order valence-corrected chi connectivity index (χ2v) is 2.58. The van der Waals surface area contributed by atoms with Gasteiger partial charge < -0.3 is 15.8 Å². The van der Waals surface area contributed by atoms with E-state index in [1.165, 1.54) is 0 Å². The molecule has 0 saturated carbocycles. The number of carbonyl (C=O) groups is 1. The predicted molar refractivity (Wildman–Crippen MR) is 50.8 cm³/mol. The molecule has 0 saturated heterocycles. The Morgan fingerprint density at radius 1 is 1.71 bits per heavy atom. The third-order valence-electron chi connectivity index (χ3n) is 1.43. The van der Waals surface area contributed by atoms with E-state index < -0.39 is 6.09 Å². The number of amides is 1. The van der Waals surface area contributed by atoms with Crippen LogP contribution in [0.3, 0.4) is 0 Å². The van der Waals surface area contributed by atoms with Crippen LogP contribution in [0, 0.1) is 6.92 Å². The van der Waals surface area contributed by atoms with Crippen molar-refractivity contribution in [1.82, 2.24) is 9.97 Å². The Bertz CT molecular complexity index is 316. The first kappa shape index (κ1) is 10.2. The van der Waals surface area contributed by atoms with Crippen LogP contribution < -0.4 is 11.1 Å². The highest BCUT2D eigenvalue weighted by molar-refractivity contribution is 5.64. The van der Waals surface area contributed by atoms with Gasteiger partial charge in [0.15, 0.2) is 0 Å². The number of primary amides is 1. The summed E-state index contributed by atoms with van der Waals surface area (Å²) in [5.41, 5.74) is 4.78. The van der Waals surface area contributed by atoms with Gasteiger partial charge in [0.1, 0.15) is 18.2 Å². The molecule has 0 atom stereocenters. The monoisotopic (exact) mass is 196 g/mol. The normalized spacial score (nSPS) is 9.50. The van der Waals surface area contributed by atoms with E-state index in [2.05, 4.69) is 20.0 Å². The molecule has 1 aromatic rings. The summed E-state index contributed by atoms with van der Waals surface area (Å²) in [5.74, 6) is 1.39. The van der Waals surface area contributed by atoms with Crippen LogP contribution in [0.25, 0.3) is 0 Å². The first-order chi connectivity index (χ1) is 6.68. The maximum Gasteiger partial charge on any atom is 0.404 e. The number of ether oxygens (including phenoxy) is 1. The van der Waals surface area contributed by atoms with E-state index >= 15 is 0 Å². The first-order valence-corrected chi connectivity index (χ1v) is 4.14. The third-order valence-corrected chi connectivity index (χ3v) is 1.43. The number of nitrogens with one attached hydrogen (secondary N) is 1. The van der Waals surface area contributed by atoms with E-state index in [-0.39, 0.29) is 6.61 Å². The lowest BCUT2D eigenvalue weighted by molar-refractivity contribution is 0.161. The van der Waals surface area contributed by atoms with E-state index in [9.17, 15) is 4.79 Å². The Kier molecular flexibility index (Phi) is 3.66. The number of hydrogen-bond donors (Lipinski definition) is 2. The van der Waals surface area contributed by atoms with Crippen molar-refractivity contribution in [3.05, 3.63) is 18.1 Å². The Labute approximate surface area is 81.5 Å². The SMILES string of the molecule is Cc1nccc(NCCOC(N)=O)n1. The zero-order valence-corrected chi connectivity index (χ0v) is 7.86. The lowest BCUT2D eigenvalue weighted by Crippen LogP contribution is -2.18. The van der Waals surface area contributed by atoms with Gasteiger partial charge in [-0.25, -0.2) is 14.8 Å². The van der Waals surface area contributed by atoms with Crippen molar-refractivity contribution in [3.63, 3.8) is 0 Å². The second-order valence-electron chi connectivity index (χ2n) is 2.58. The Balaban J connectivity index is 2.28. The summed E-state index contributed by atoms with van der Waals surface area (Å²) in [4.78, 5) is 18.2. The van der Waals surface area contributed by atoms with Gasteiger partial charge in [-0.1, -0.05) is 0 Å². The van der Waals surface area contributed by atoms with Gasteiger partial charge in [0, 0.05) is 6.20 Å². The molecule has 76 valence electrons. The fraction of sp³-hybridized carbons (Fsp3) is 0.375. The van der Waals surface area contributed by atoms with Gasteiger partial charge in [-0.05, 0) is 13.0 Å². The van der Waals surface area contributed by atoms with Crippen molar-refractivity contribution in [1.29, 1.82) is 0 Å². The molecule has 1 rings (SSSR count). The van der Waals surface area contributed by atoms with Gasteiger partial charge >= 0.3 is 6.09 Å². The topological polar surface area (TPSA) is 90.1 Å². The Morgan fingerprint density at radius 2 is 2.50 bits per heavy atom. The lowest BCUT2D eigenvalue weighted by atomic mass is 10.5. The molecule has 1 aromatic heterocycles. The van der Waals surface area contributed by atoms with Crippen molar-refractivity contribution >= 4 is 11.9 Å². The summed E-state index contributed by atoms with van der Waals surface area (Å²) in [6.45, 7) is 2.49. The summed E-state index contributed by atoms with van der Waals surface area (Å²) in [6, 6.07) is 1.73. The summed E-state index contributed by atoms with van der Waals surface area (Å²) in [5, 5.41) is 2.96. The molecule has 0 bridgehead atoms. The van der Waals surface area contributed by atoms with Gasteiger partial charge in [-0.3, -0.25) is 0 Å². The average molecular weight is 196 g/mol. The van der Waals surface area contributed by atoms with E-state index in [0.717, 1.165) is 0 Å². The fourth-order valence-electron chi connectivity index (χ4n) is 0.885. The smallest absolute Gasteiger partial charge is 0.404 e. The Hall–Kier alpha value is -1.85. The zero-order chi connectivity index (χ0) is 10.4. The van der Waals surface area contributed by atoms with E-state index in [1.54, 1.807) is 19.2 Å². The minimum Gasteiger partial charge on any atom is -0.448 e. The highest BCUT2D eigenvalue weighted by Crippen LogP contribution is 1.99. The number of rotatable bonds is 4. The highest BCUT2D eigenvalue weighted by Gasteiger charge is 1.95. The fourth-order valence-corrected chi connectivity index (χ4v) is 0.885. The Morgan fingerprint density at radius 3 is 3.14 bits per heavy atom. The zero-order valence-electron chi connectivity index (χ0n) is 7.86. The van der Waals surface area contributed by atoms with Gasteiger partial charge in [0.25, 0.3) is 0 Å². The summed E-state index contributed by atoms with van der Waals surface area (Å²) < 4.78 is 4.53. The molecule has 14 heavy (non-hydrogen) atoms. The van der Waals surface area contributed by atoms with Crippen molar-refractivity contribution in [3.8, 4) is 0 Å². The molecule has 6 nitrogen and oxygen atoms in total. The third kappa shape index (κ3) is 3.70. The lowest BCUT2D eigenvalue weighted by Gasteiger charge is -2.05. The maximum absolute atomic E-state index is 10.2. The first-order valence-electron chi connectivity index (χ1n) is 4.14. The molecule has 0 aliphatic rings. The summed E-state index contributed by atoms with van der Waals surface area (Å²) in [6.07, 6.45) is 0.880. The average Bonchev–Trinajstić information content (AvgIpc) is 2.12. The summed E-state index contributed by atoms with van der Waals surface area (Å²) in [7, 11) is 0. The van der Waals surface area contributed by atoms with Crippen LogP contribution >= 0.6 is 0 Å². The number of carbonyl (C=O) groups excluding carboxylic acids is 1. The van der Waals surface area contributed by atoms with Crippen LogP contribution in [0.4, 0.5) is 10.6 Å². The van der Waals surface area contributed by atoms with Crippen molar-refractivity contribution in [2.45, 2.75) is 6.92 Å². The maximum atomic E-state index is 10.2. The van der Waals surface area contributed by atoms with E-state index in [4.69, 9.17) is 5.73 Å². The number of aryl methyl sites for hydroxylation is 1. The largest absolute Gasteiger partial charge is 0.448 e. The molecule has 0 unspecified atom stereocenters. The number of anilines is 1. The number of hydrogen-bond acceptors (Lipinski definition) is 5. The minimum atomic E-state index is -0.773. The quantitative estimate of drug-likeness (QED) is 0.675. The van der Waals surface area contributed by atoms with Crippen molar-refractivity contribution in [2.75, 3.05) is 18.5 Å². The van der Waals surface area contributed by atoms with E-state index in [1.807, 2.05) is 0 Å².